The van der Waals surface area contributed by atoms with E-state index >= 15 is 0 Å². The van der Waals surface area contributed by atoms with Crippen molar-refractivity contribution in [2.24, 2.45) is 0 Å². The lowest BCUT2D eigenvalue weighted by molar-refractivity contribution is 0.149. The number of nitrogens with zero attached hydrogens (tertiary/aromatic N) is 1. The summed E-state index contributed by atoms with van der Waals surface area (Å²) in [7, 11) is 2.27. The molecule has 0 spiro atoms. The highest BCUT2D eigenvalue weighted by molar-refractivity contribution is 5.68. The third-order valence-corrected chi connectivity index (χ3v) is 6.96. The average Bonchev–Trinajstić information content (AvgIpc) is 2.71. The molecule has 2 aromatic rings. The van der Waals surface area contributed by atoms with Crippen molar-refractivity contribution in [3.05, 3.63) is 71.3 Å². The van der Waals surface area contributed by atoms with E-state index in [-0.39, 0.29) is 6.04 Å². The minimum atomic E-state index is 0.288. The van der Waals surface area contributed by atoms with Gasteiger partial charge in [-0.2, -0.15) is 0 Å². The van der Waals surface area contributed by atoms with E-state index in [0.717, 1.165) is 0 Å². The van der Waals surface area contributed by atoms with Crippen molar-refractivity contribution >= 4 is 0 Å². The molecule has 1 aliphatic heterocycles. The maximum Gasteiger partial charge on any atom is 0.0532 e. The van der Waals surface area contributed by atoms with Crippen LogP contribution < -0.4 is 0 Å². The second-order valence-corrected chi connectivity index (χ2v) is 9.38. The molecule has 0 fully saturated rings. The summed E-state index contributed by atoms with van der Waals surface area (Å²) >= 11 is 0. The summed E-state index contributed by atoms with van der Waals surface area (Å²) in [5.41, 5.74) is 8.50. The lowest BCUT2D eigenvalue weighted by Gasteiger charge is -2.44. The third kappa shape index (κ3) is 4.08. The normalized spacial score (nSPS) is 22.2. The van der Waals surface area contributed by atoms with Crippen molar-refractivity contribution in [1.29, 1.82) is 0 Å². The van der Waals surface area contributed by atoms with Gasteiger partial charge in [0.15, 0.2) is 0 Å². The first-order valence-corrected chi connectivity index (χ1v) is 11.5. The summed E-state index contributed by atoms with van der Waals surface area (Å²) in [6.07, 6.45) is 4.48. The van der Waals surface area contributed by atoms with Crippen molar-refractivity contribution < 1.29 is 0 Å². The van der Waals surface area contributed by atoms with Crippen LogP contribution in [0.1, 0.15) is 100 Å². The predicted octanol–water partition coefficient (Wildman–Crippen LogP) is 8.05. The SMILES string of the molecule is C=CC1c2cc(-c3cc(C(C)C)cc(C(C)C)c3)ccc2C(CC)C(CC)N1C. The Morgan fingerprint density at radius 3 is 1.97 bits per heavy atom. The predicted molar refractivity (Wildman–Crippen MR) is 128 cm³/mol. The first-order chi connectivity index (χ1) is 13.8. The van der Waals surface area contributed by atoms with Crippen LogP contribution in [-0.4, -0.2) is 18.0 Å². The van der Waals surface area contributed by atoms with Gasteiger partial charge in [-0.3, -0.25) is 4.90 Å². The largest absolute Gasteiger partial charge is 0.292 e. The van der Waals surface area contributed by atoms with Crippen molar-refractivity contribution in [3.63, 3.8) is 0 Å². The molecule has 0 aliphatic carbocycles. The Kier molecular flexibility index (Phi) is 6.69. The van der Waals surface area contributed by atoms with Crippen molar-refractivity contribution in [3.8, 4) is 11.1 Å². The first-order valence-electron chi connectivity index (χ1n) is 11.5. The van der Waals surface area contributed by atoms with Crippen LogP contribution in [0, 0.1) is 0 Å². The molecule has 3 unspecified atom stereocenters. The van der Waals surface area contributed by atoms with E-state index in [9.17, 15) is 0 Å². The van der Waals surface area contributed by atoms with Crippen LogP contribution in [0.15, 0.2) is 49.1 Å². The zero-order valence-electron chi connectivity index (χ0n) is 19.5. The van der Waals surface area contributed by atoms with Gasteiger partial charge in [-0.15, -0.1) is 6.58 Å². The fourth-order valence-electron chi connectivity index (χ4n) is 5.13. The van der Waals surface area contributed by atoms with Gasteiger partial charge in [-0.05, 0) is 77.1 Å². The molecule has 0 bridgehead atoms. The van der Waals surface area contributed by atoms with Gasteiger partial charge >= 0.3 is 0 Å². The smallest absolute Gasteiger partial charge is 0.0532 e. The molecule has 0 saturated carbocycles. The second-order valence-electron chi connectivity index (χ2n) is 9.38. The number of hydrogen-bond donors (Lipinski definition) is 0. The summed E-state index contributed by atoms with van der Waals surface area (Å²) in [6, 6.07) is 15.2. The molecule has 0 saturated heterocycles. The Labute approximate surface area is 178 Å². The van der Waals surface area contributed by atoms with Crippen LogP contribution in [0.2, 0.25) is 0 Å². The Morgan fingerprint density at radius 2 is 1.48 bits per heavy atom. The van der Waals surface area contributed by atoms with Gasteiger partial charge in [0.25, 0.3) is 0 Å². The number of benzene rings is 2. The van der Waals surface area contributed by atoms with Gasteiger partial charge in [-0.1, -0.05) is 78.0 Å². The molecule has 156 valence electrons. The molecule has 0 aromatic heterocycles. The summed E-state index contributed by atoms with van der Waals surface area (Å²) < 4.78 is 0. The van der Waals surface area contributed by atoms with Crippen LogP contribution in [-0.2, 0) is 0 Å². The highest BCUT2D eigenvalue weighted by Crippen LogP contribution is 2.44. The van der Waals surface area contributed by atoms with Gasteiger partial charge in [0.1, 0.15) is 0 Å². The van der Waals surface area contributed by atoms with E-state index < -0.39 is 0 Å². The van der Waals surface area contributed by atoms with E-state index in [0.29, 0.717) is 23.8 Å². The molecule has 0 amide bonds. The topological polar surface area (TPSA) is 3.24 Å². The zero-order valence-corrected chi connectivity index (χ0v) is 19.5. The molecule has 1 nitrogen and oxygen atoms in total. The minimum Gasteiger partial charge on any atom is -0.292 e. The number of rotatable bonds is 6. The Morgan fingerprint density at radius 1 is 0.862 bits per heavy atom. The lowest BCUT2D eigenvalue weighted by atomic mass is 9.76. The minimum absolute atomic E-state index is 0.288. The standard InChI is InChI=1S/C28H39N/c1-9-24-25-13-12-20(17-26(25)28(11-3)29(8)27(24)10-2)23-15-21(18(4)5)14-22(16-23)19(6)7/h11-19,24,27-28H,3,9-10H2,1-2,4-8H3. The maximum atomic E-state index is 4.19. The maximum absolute atomic E-state index is 4.19. The summed E-state index contributed by atoms with van der Waals surface area (Å²) in [4.78, 5) is 2.54. The molecular weight excluding hydrogens is 350 g/mol. The first kappa shape index (κ1) is 21.8. The van der Waals surface area contributed by atoms with Gasteiger partial charge in [-0.25, -0.2) is 0 Å². The van der Waals surface area contributed by atoms with Crippen LogP contribution >= 0.6 is 0 Å². The molecule has 1 aliphatic rings. The molecule has 3 rings (SSSR count). The van der Waals surface area contributed by atoms with Crippen LogP contribution in [0.25, 0.3) is 11.1 Å². The van der Waals surface area contributed by atoms with Gasteiger partial charge < -0.3 is 0 Å². The summed E-state index contributed by atoms with van der Waals surface area (Å²) in [5, 5.41) is 0. The van der Waals surface area contributed by atoms with Crippen molar-refractivity contribution in [2.45, 2.75) is 84.2 Å². The molecule has 2 aromatic carbocycles. The van der Waals surface area contributed by atoms with Crippen LogP contribution in [0.3, 0.4) is 0 Å². The highest BCUT2D eigenvalue weighted by Gasteiger charge is 2.35. The molecule has 0 N–H and O–H groups in total. The molecule has 1 heterocycles. The van der Waals surface area contributed by atoms with Gasteiger partial charge in [0.2, 0.25) is 0 Å². The monoisotopic (exact) mass is 389 g/mol. The second kappa shape index (κ2) is 8.88. The van der Waals surface area contributed by atoms with Gasteiger partial charge in [0, 0.05) is 6.04 Å². The van der Waals surface area contributed by atoms with E-state index in [4.69, 9.17) is 0 Å². The van der Waals surface area contributed by atoms with E-state index in [1.54, 1.807) is 0 Å². The molecule has 29 heavy (non-hydrogen) atoms. The van der Waals surface area contributed by atoms with E-state index in [2.05, 4.69) is 103 Å². The molecule has 0 radical (unpaired) electrons. The molecular formula is C28H39N. The average molecular weight is 390 g/mol. The molecule has 1 heteroatoms. The number of fused-ring (bicyclic) bond motifs is 1. The fourth-order valence-corrected chi connectivity index (χ4v) is 5.13. The zero-order chi connectivity index (χ0) is 21.3. The summed E-state index contributed by atoms with van der Waals surface area (Å²) in [5.74, 6) is 1.66. The van der Waals surface area contributed by atoms with Crippen LogP contribution in [0.5, 0.6) is 0 Å². The summed E-state index contributed by atoms with van der Waals surface area (Å²) in [6.45, 7) is 18.0. The van der Waals surface area contributed by atoms with E-state index in [1.807, 2.05) is 0 Å². The highest BCUT2D eigenvalue weighted by atomic mass is 15.2. The Hall–Kier alpha value is -1.86. The molecule has 3 atom stereocenters. The van der Waals surface area contributed by atoms with Gasteiger partial charge in [0.05, 0.1) is 6.04 Å². The Bertz CT molecular complexity index is 834. The van der Waals surface area contributed by atoms with Crippen LogP contribution in [0.4, 0.5) is 0 Å². The fraction of sp³-hybridized carbons (Fsp3) is 0.500. The number of hydrogen-bond acceptors (Lipinski definition) is 1. The third-order valence-electron chi connectivity index (χ3n) is 6.96. The van der Waals surface area contributed by atoms with E-state index in [1.165, 1.54) is 46.2 Å². The van der Waals surface area contributed by atoms with Crippen molar-refractivity contribution in [2.75, 3.05) is 7.05 Å². The quantitative estimate of drug-likeness (QED) is 0.452. The number of likely N-dealkylation sites (N-methyl/N-ethyl adjacent to an activating group) is 1. The van der Waals surface area contributed by atoms with Crippen molar-refractivity contribution in [1.82, 2.24) is 4.90 Å². The Balaban J connectivity index is 2.16. The lowest BCUT2D eigenvalue weighted by Crippen LogP contribution is -2.42.